The lowest BCUT2D eigenvalue weighted by atomic mass is 9.90. The molecule has 0 spiro atoms. The molecule has 3 aromatic carbocycles. The topological polar surface area (TPSA) is 78.5 Å². The maximum Gasteiger partial charge on any atom is 0.113 e. The molecule has 0 aliphatic carbocycles. The van der Waals surface area contributed by atoms with Crippen molar-refractivity contribution in [2.24, 2.45) is 0 Å². The molecule has 0 aliphatic rings. The van der Waals surface area contributed by atoms with Crippen molar-refractivity contribution in [1.82, 2.24) is 0 Å². The number of anilines is 3. The van der Waals surface area contributed by atoms with E-state index in [1.807, 2.05) is 78.9 Å². The molecule has 31 heavy (non-hydrogen) atoms. The van der Waals surface area contributed by atoms with Crippen LogP contribution in [0, 0.1) is 0 Å². The van der Waals surface area contributed by atoms with Gasteiger partial charge in [-0.15, -0.1) is 0 Å². The van der Waals surface area contributed by atoms with Gasteiger partial charge in [0.05, 0.1) is 22.6 Å². The van der Waals surface area contributed by atoms with E-state index >= 15 is 0 Å². The summed E-state index contributed by atoms with van der Waals surface area (Å²) in [5.74, 6) is 0. The number of nitrogen functional groups attached to an aromatic ring is 1. The maximum atomic E-state index is 9.10. The molecule has 0 aliphatic heterocycles. The first-order valence-corrected chi connectivity index (χ1v) is 11.5. The van der Waals surface area contributed by atoms with Crippen LogP contribution in [0.2, 0.25) is 0 Å². The van der Waals surface area contributed by atoms with Crippen LogP contribution in [0.5, 0.6) is 0 Å². The van der Waals surface area contributed by atoms with Gasteiger partial charge in [0.15, 0.2) is 0 Å². The molecule has 0 saturated heterocycles. The van der Waals surface area contributed by atoms with Gasteiger partial charge < -0.3 is 21.3 Å². The molecule has 4 nitrogen and oxygen atoms in total. The summed E-state index contributed by atoms with van der Waals surface area (Å²) in [6.07, 6.45) is 0. The third kappa shape index (κ3) is 10.7. The van der Waals surface area contributed by atoms with Gasteiger partial charge >= 0.3 is 0 Å². The minimum atomic E-state index is -1.01. The largest absolute Gasteiger partial charge is 0.397 e. The van der Waals surface area contributed by atoms with Gasteiger partial charge in [-0.25, -0.2) is 0 Å². The fourth-order valence-corrected chi connectivity index (χ4v) is 2.40. The van der Waals surface area contributed by atoms with Gasteiger partial charge in [-0.1, -0.05) is 82.7 Å². The molecule has 3 rings (SSSR count). The minimum absolute atomic E-state index is 0.761. The summed E-state index contributed by atoms with van der Waals surface area (Å²) in [6, 6.07) is 25.6. The van der Waals surface area contributed by atoms with Crippen molar-refractivity contribution in [2.45, 2.75) is 43.3 Å². The predicted octanol–water partition coefficient (Wildman–Crippen LogP) is 4.96. The second kappa shape index (κ2) is 12.7. The Morgan fingerprint density at radius 1 is 0.806 bits per heavy atom. The number of nitrogens with two attached hydrogens (primary N) is 1. The number of hydrogen-bond acceptors (Lipinski definition) is 4. The van der Waals surface area contributed by atoms with Crippen LogP contribution >= 0.6 is 22.6 Å². The smallest absolute Gasteiger partial charge is 0.113 e. The SMILES string of the molecule is CC(C)(O)C(C)(C)O.Nc1ccccc1Nc1ccccc1.[B]c1ccc(CI)cc1. The van der Waals surface area contributed by atoms with E-state index in [9.17, 15) is 0 Å². The van der Waals surface area contributed by atoms with Crippen LogP contribution in [-0.2, 0) is 4.43 Å². The first kappa shape index (κ1) is 27.0. The van der Waals surface area contributed by atoms with Crippen molar-refractivity contribution in [2.75, 3.05) is 11.1 Å². The van der Waals surface area contributed by atoms with E-state index < -0.39 is 11.2 Å². The van der Waals surface area contributed by atoms with Crippen LogP contribution in [0.4, 0.5) is 17.1 Å². The Kier molecular flexibility index (Phi) is 11.1. The molecule has 0 fully saturated rings. The van der Waals surface area contributed by atoms with E-state index in [0.717, 1.165) is 27.0 Å². The van der Waals surface area contributed by atoms with E-state index in [2.05, 4.69) is 27.9 Å². The van der Waals surface area contributed by atoms with Crippen LogP contribution in [0.1, 0.15) is 33.3 Å². The number of rotatable bonds is 4. The number of alkyl halides is 1. The molecule has 3 aromatic rings. The highest BCUT2D eigenvalue weighted by Crippen LogP contribution is 2.21. The van der Waals surface area contributed by atoms with Crippen molar-refractivity contribution in [3.05, 3.63) is 84.4 Å². The zero-order valence-corrected chi connectivity index (χ0v) is 20.8. The molecule has 0 unspecified atom stereocenters. The summed E-state index contributed by atoms with van der Waals surface area (Å²) < 4.78 is 1.05. The van der Waals surface area contributed by atoms with E-state index in [0.29, 0.717) is 0 Å². The van der Waals surface area contributed by atoms with E-state index in [-0.39, 0.29) is 0 Å². The molecule has 0 aromatic heterocycles. The maximum absolute atomic E-state index is 9.10. The van der Waals surface area contributed by atoms with Crippen molar-refractivity contribution >= 4 is 53.0 Å². The standard InChI is InChI=1S/C12H12N2.C7H6BI.C6H14O2/c13-11-8-4-5-9-12(11)14-10-6-2-1-3-7-10;8-7-3-1-6(5-9)2-4-7;1-5(2,7)6(3,4)8/h1-9,14H,13H2;1-4H,5H2;7-8H,1-4H3. The zero-order chi connectivity index (χ0) is 23.5. The molecule has 0 atom stereocenters. The zero-order valence-electron chi connectivity index (χ0n) is 18.6. The van der Waals surface area contributed by atoms with E-state index in [1.54, 1.807) is 27.7 Å². The van der Waals surface area contributed by atoms with Gasteiger partial charge in [0, 0.05) is 10.1 Å². The molecule has 0 amide bonds. The van der Waals surface area contributed by atoms with Crippen molar-refractivity contribution in [3.63, 3.8) is 0 Å². The fraction of sp³-hybridized carbons (Fsp3) is 0.280. The summed E-state index contributed by atoms with van der Waals surface area (Å²) in [4.78, 5) is 0. The highest BCUT2D eigenvalue weighted by molar-refractivity contribution is 14.1. The lowest BCUT2D eigenvalue weighted by molar-refractivity contribution is -0.107. The van der Waals surface area contributed by atoms with Crippen molar-refractivity contribution in [3.8, 4) is 0 Å². The Morgan fingerprint density at radius 3 is 1.74 bits per heavy atom. The number of halogens is 1. The Bertz CT molecular complexity index is 878. The Hall–Kier alpha value is -2.03. The average molecular weight is 530 g/mol. The van der Waals surface area contributed by atoms with Gasteiger partial charge in [0.2, 0.25) is 0 Å². The summed E-state index contributed by atoms with van der Waals surface area (Å²) in [6.45, 7) is 6.31. The second-order valence-electron chi connectivity index (χ2n) is 8.07. The monoisotopic (exact) mass is 530 g/mol. The molecule has 0 saturated carbocycles. The van der Waals surface area contributed by atoms with Gasteiger partial charge in [0.25, 0.3) is 0 Å². The number of hydrogen-bond donors (Lipinski definition) is 4. The molecular weight excluding hydrogens is 498 g/mol. The lowest BCUT2D eigenvalue weighted by Crippen LogP contribution is -2.44. The highest BCUT2D eigenvalue weighted by Gasteiger charge is 2.31. The van der Waals surface area contributed by atoms with Gasteiger partial charge in [-0.05, 0) is 57.5 Å². The number of aliphatic hydroxyl groups is 2. The summed E-state index contributed by atoms with van der Waals surface area (Å²) >= 11 is 2.32. The Labute approximate surface area is 201 Å². The van der Waals surface area contributed by atoms with Crippen LogP contribution in [-0.4, -0.2) is 29.3 Å². The fourth-order valence-electron chi connectivity index (χ4n) is 1.89. The molecule has 0 heterocycles. The van der Waals surface area contributed by atoms with Crippen LogP contribution in [0.3, 0.4) is 0 Å². The van der Waals surface area contributed by atoms with Crippen molar-refractivity contribution in [1.29, 1.82) is 0 Å². The number of nitrogens with one attached hydrogen (secondary N) is 1. The molecule has 5 N–H and O–H groups in total. The van der Waals surface area contributed by atoms with Crippen LogP contribution < -0.4 is 16.5 Å². The Morgan fingerprint density at radius 2 is 1.29 bits per heavy atom. The normalized spacial score (nSPS) is 10.8. The Balaban J connectivity index is 0.000000247. The average Bonchev–Trinajstić information content (AvgIpc) is 2.71. The number of benzene rings is 3. The van der Waals surface area contributed by atoms with Crippen LogP contribution in [0.25, 0.3) is 0 Å². The minimum Gasteiger partial charge on any atom is -0.397 e. The first-order valence-electron chi connectivity index (χ1n) is 9.95. The first-order chi connectivity index (χ1) is 14.4. The molecule has 0 bridgehead atoms. The molecular formula is C25H32BIN2O2. The van der Waals surface area contributed by atoms with Crippen molar-refractivity contribution < 1.29 is 10.2 Å². The highest BCUT2D eigenvalue weighted by atomic mass is 127. The van der Waals surface area contributed by atoms with E-state index in [1.165, 1.54) is 5.56 Å². The summed E-state index contributed by atoms with van der Waals surface area (Å²) in [7, 11) is 5.48. The third-order valence-electron chi connectivity index (χ3n) is 4.64. The quantitative estimate of drug-likeness (QED) is 0.167. The number of para-hydroxylation sites is 3. The summed E-state index contributed by atoms with van der Waals surface area (Å²) in [5.41, 5.74) is 8.70. The van der Waals surface area contributed by atoms with Gasteiger partial charge in [-0.2, -0.15) is 0 Å². The van der Waals surface area contributed by atoms with E-state index in [4.69, 9.17) is 23.8 Å². The third-order valence-corrected chi connectivity index (χ3v) is 5.53. The summed E-state index contributed by atoms with van der Waals surface area (Å²) in [5, 5.41) is 21.5. The second-order valence-corrected chi connectivity index (χ2v) is 8.83. The molecule has 6 heteroatoms. The molecule has 164 valence electrons. The van der Waals surface area contributed by atoms with Gasteiger partial charge in [-0.3, -0.25) is 0 Å². The molecule has 2 radical (unpaired) electrons. The van der Waals surface area contributed by atoms with Gasteiger partial charge in [0.1, 0.15) is 7.85 Å². The van der Waals surface area contributed by atoms with Crippen LogP contribution in [0.15, 0.2) is 78.9 Å². The lowest BCUT2D eigenvalue weighted by Gasteiger charge is -2.31. The predicted molar refractivity (Wildman–Crippen MR) is 143 cm³/mol.